The molecule has 16 heavy (non-hydrogen) atoms. The average Bonchev–Trinajstić information content (AvgIpc) is 2.85. The zero-order chi connectivity index (χ0) is 11.8. The van der Waals surface area contributed by atoms with Crippen LogP contribution in [-0.4, -0.2) is 46.8 Å². The van der Waals surface area contributed by atoms with Gasteiger partial charge >= 0.3 is 5.97 Å². The number of carboxylic acid groups (broad SMARTS) is 1. The molecule has 2 rings (SSSR count). The summed E-state index contributed by atoms with van der Waals surface area (Å²) in [6.45, 7) is 1.13. The van der Waals surface area contributed by atoms with Gasteiger partial charge in [0.1, 0.15) is 0 Å². The number of carboxylic acids is 1. The number of Topliss-reactive ketones (excluding diaryl/α,β-unsaturated/α-hetero) is 1. The van der Waals surface area contributed by atoms with Crippen LogP contribution in [0.4, 0.5) is 0 Å². The number of aliphatic carboxylic acids is 1. The minimum absolute atomic E-state index is 0.188. The molecule has 3 atom stereocenters. The number of nitrogens with one attached hydrogen (secondary N) is 2. The second kappa shape index (κ2) is 4.12. The second-order valence-corrected chi connectivity index (χ2v) is 4.39. The van der Waals surface area contributed by atoms with Gasteiger partial charge in [0.15, 0.2) is 5.78 Å². The first kappa shape index (κ1) is 11.5. The maximum Gasteiger partial charge on any atom is 0.352 e. The molecular formula is C10H16N2O4. The van der Waals surface area contributed by atoms with Crippen molar-refractivity contribution in [3.8, 4) is 0 Å². The molecule has 2 heterocycles. The molecule has 0 aromatic heterocycles. The van der Waals surface area contributed by atoms with Gasteiger partial charge in [-0.15, -0.1) is 0 Å². The van der Waals surface area contributed by atoms with E-state index in [1.807, 2.05) is 0 Å². The van der Waals surface area contributed by atoms with Crippen LogP contribution in [-0.2, 0) is 9.59 Å². The number of carbonyl (C=O) groups is 2. The minimum Gasteiger partial charge on any atom is -0.478 e. The van der Waals surface area contributed by atoms with Crippen LogP contribution in [0.15, 0.2) is 0 Å². The van der Waals surface area contributed by atoms with Gasteiger partial charge in [0.2, 0.25) is 5.72 Å². The molecule has 6 nitrogen and oxygen atoms in total. The van der Waals surface area contributed by atoms with E-state index in [0.717, 1.165) is 19.4 Å². The standard InChI is InChI=1S/C10H16N2O4/c13-8(7-2-1-4-11-7)6-3-5-12-10(6,16)9(14)15/h6-7,11-12,16H,1-5H2,(H,14,15)/t6?,7-,10+/m0/s1. The van der Waals surface area contributed by atoms with E-state index in [-0.39, 0.29) is 11.8 Å². The third-order valence-electron chi connectivity index (χ3n) is 3.41. The fourth-order valence-electron chi connectivity index (χ4n) is 2.48. The van der Waals surface area contributed by atoms with E-state index in [1.165, 1.54) is 0 Å². The summed E-state index contributed by atoms with van der Waals surface area (Å²) in [4.78, 5) is 23.0. The molecule has 2 aliphatic rings. The molecule has 0 radical (unpaired) electrons. The van der Waals surface area contributed by atoms with Crippen molar-refractivity contribution < 1.29 is 19.8 Å². The van der Waals surface area contributed by atoms with Crippen LogP contribution in [0.1, 0.15) is 19.3 Å². The lowest BCUT2D eigenvalue weighted by Crippen LogP contribution is -2.56. The SMILES string of the molecule is O=C(C1CCN[C@]1(O)C(=O)O)[C@@H]1CCCN1. The number of hydrogen-bond acceptors (Lipinski definition) is 5. The molecule has 0 aliphatic carbocycles. The van der Waals surface area contributed by atoms with Crippen molar-refractivity contribution in [2.45, 2.75) is 31.0 Å². The quantitative estimate of drug-likeness (QED) is 0.479. The first-order chi connectivity index (χ1) is 7.55. The van der Waals surface area contributed by atoms with Crippen LogP contribution in [0.2, 0.25) is 0 Å². The second-order valence-electron chi connectivity index (χ2n) is 4.39. The van der Waals surface area contributed by atoms with E-state index in [2.05, 4.69) is 10.6 Å². The molecule has 0 saturated carbocycles. The zero-order valence-corrected chi connectivity index (χ0v) is 8.90. The Morgan fingerprint density at radius 1 is 1.25 bits per heavy atom. The lowest BCUT2D eigenvalue weighted by Gasteiger charge is -2.26. The Hall–Kier alpha value is -0.980. The summed E-state index contributed by atoms with van der Waals surface area (Å²) in [6.07, 6.45) is 2.02. The number of hydrogen-bond donors (Lipinski definition) is 4. The highest BCUT2D eigenvalue weighted by Gasteiger charge is 2.52. The van der Waals surface area contributed by atoms with E-state index in [9.17, 15) is 14.7 Å². The van der Waals surface area contributed by atoms with Crippen molar-refractivity contribution in [3.63, 3.8) is 0 Å². The highest BCUT2D eigenvalue weighted by molar-refractivity contribution is 5.93. The zero-order valence-electron chi connectivity index (χ0n) is 8.90. The molecule has 6 heteroatoms. The molecular weight excluding hydrogens is 212 g/mol. The van der Waals surface area contributed by atoms with Gasteiger partial charge in [0.05, 0.1) is 12.0 Å². The molecule has 0 amide bonds. The minimum atomic E-state index is -2.08. The maximum absolute atomic E-state index is 12.0. The summed E-state index contributed by atoms with van der Waals surface area (Å²) < 4.78 is 0. The van der Waals surface area contributed by atoms with Crippen molar-refractivity contribution in [2.24, 2.45) is 5.92 Å². The molecule has 2 fully saturated rings. The van der Waals surface area contributed by atoms with Gasteiger partial charge in [-0.25, -0.2) is 4.79 Å². The van der Waals surface area contributed by atoms with Crippen LogP contribution in [0.25, 0.3) is 0 Å². The monoisotopic (exact) mass is 228 g/mol. The Kier molecular flexibility index (Phi) is 2.96. The topological polar surface area (TPSA) is 98.7 Å². The summed E-state index contributed by atoms with van der Waals surface area (Å²) in [5.74, 6) is -2.41. The number of carbonyl (C=O) groups excluding carboxylic acids is 1. The highest BCUT2D eigenvalue weighted by Crippen LogP contribution is 2.28. The van der Waals surface area contributed by atoms with E-state index >= 15 is 0 Å². The molecule has 1 unspecified atom stereocenters. The van der Waals surface area contributed by atoms with Crippen molar-refractivity contribution in [2.75, 3.05) is 13.1 Å². The van der Waals surface area contributed by atoms with Gasteiger partial charge in [-0.1, -0.05) is 0 Å². The summed E-state index contributed by atoms with van der Waals surface area (Å²) in [7, 11) is 0. The third kappa shape index (κ3) is 1.73. The average molecular weight is 228 g/mol. The highest BCUT2D eigenvalue weighted by atomic mass is 16.4. The smallest absolute Gasteiger partial charge is 0.352 e. The van der Waals surface area contributed by atoms with Gasteiger partial charge in [0.25, 0.3) is 0 Å². The summed E-state index contributed by atoms with van der Waals surface area (Å²) in [5, 5.41) is 24.4. The van der Waals surface area contributed by atoms with Crippen LogP contribution >= 0.6 is 0 Å². The van der Waals surface area contributed by atoms with Crippen molar-refractivity contribution >= 4 is 11.8 Å². The van der Waals surface area contributed by atoms with Gasteiger partial charge in [-0.2, -0.15) is 0 Å². The van der Waals surface area contributed by atoms with Gasteiger partial charge in [-0.3, -0.25) is 10.1 Å². The molecule has 0 spiro atoms. The predicted molar refractivity (Wildman–Crippen MR) is 54.7 cm³/mol. The Morgan fingerprint density at radius 2 is 2.00 bits per heavy atom. The first-order valence-corrected chi connectivity index (χ1v) is 5.53. The Morgan fingerprint density at radius 3 is 2.56 bits per heavy atom. The molecule has 4 N–H and O–H groups in total. The van der Waals surface area contributed by atoms with Gasteiger partial charge in [0, 0.05) is 0 Å². The molecule has 2 saturated heterocycles. The Labute approximate surface area is 93.0 Å². The summed E-state index contributed by atoms with van der Waals surface area (Å²) in [6, 6.07) is -0.296. The fourth-order valence-corrected chi connectivity index (χ4v) is 2.48. The largest absolute Gasteiger partial charge is 0.478 e. The van der Waals surface area contributed by atoms with Crippen molar-refractivity contribution in [1.82, 2.24) is 10.6 Å². The summed E-state index contributed by atoms with van der Waals surface area (Å²) >= 11 is 0. The number of ketones is 1. The Balaban J connectivity index is 2.13. The van der Waals surface area contributed by atoms with E-state index in [4.69, 9.17) is 5.11 Å². The van der Waals surface area contributed by atoms with Crippen molar-refractivity contribution in [1.29, 1.82) is 0 Å². The van der Waals surface area contributed by atoms with Crippen LogP contribution in [0, 0.1) is 5.92 Å². The fraction of sp³-hybridized carbons (Fsp3) is 0.800. The van der Waals surface area contributed by atoms with Gasteiger partial charge in [-0.05, 0) is 32.4 Å². The van der Waals surface area contributed by atoms with Gasteiger partial charge < -0.3 is 15.5 Å². The van der Waals surface area contributed by atoms with Crippen LogP contribution in [0.3, 0.4) is 0 Å². The molecule has 2 aliphatic heterocycles. The summed E-state index contributed by atoms with van der Waals surface area (Å²) in [5.41, 5.74) is -2.08. The van der Waals surface area contributed by atoms with E-state index in [0.29, 0.717) is 13.0 Å². The first-order valence-electron chi connectivity index (χ1n) is 5.53. The van der Waals surface area contributed by atoms with Crippen LogP contribution < -0.4 is 10.6 Å². The molecule has 0 aromatic rings. The van der Waals surface area contributed by atoms with E-state index in [1.54, 1.807) is 0 Å². The predicted octanol–water partition coefficient (Wildman–Crippen LogP) is -1.31. The van der Waals surface area contributed by atoms with E-state index < -0.39 is 17.6 Å². The maximum atomic E-state index is 12.0. The van der Waals surface area contributed by atoms with Crippen LogP contribution in [0.5, 0.6) is 0 Å². The third-order valence-corrected chi connectivity index (χ3v) is 3.41. The molecule has 0 bridgehead atoms. The normalized spacial score (nSPS) is 38.8. The molecule has 0 aromatic carbocycles. The number of rotatable bonds is 3. The molecule has 90 valence electrons. The number of aliphatic hydroxyl groups is 1. The van der Waals surface area contributed by atoms with Crippen molar-refractivity contribution in [3.05, 3.63) is 0 Å². The lowest BCUT2D eigenvalue weighted by molar-refractivity contribution is -0.168. The Bertz CT molecular complexity index is 314. The lowest BCUT2D eigenvalue weighted by atomic mass is 9.88.